The van der Waals surface area contributed by atoms with Crippen LogP contribution in [-0.2, 0) is 4.79 Å². The average Bonchev–Trinajstić information content (AvgIpc) is 2.56. The highest BCUT2D eigenvalue weighted by molar-refractivity contribution is 5.80. The highest BCUT2D eigenvalue weighted by atomic mass is 16.1. The van der Waals surface area contributed by atoms with E-state index in [9.17, 15) is 4.79 Å². The summed E-state index contributed by atoms with van der Waals surface area (Å²) in [5, 5.41) is 0. The van der Waals surface area contributed by atoms with E-state index in [1.807, 2.05) is 41.5 Å². The standard InChI is InChI=1S/C9H18O.C8H10.2C2H6/c1-4-6-7-8(3)9(10)5-2;1-7-4-3-5-8(2)6-7;2*1-2/h8H,4-7H2,1-3H3;3-6H,1-2H3;2*1-2H3. The Morgan fingerprint density at radius 2 is 1.45 bits per heavy atom. The molecule has 1 unspecified atom stereocenters. The van der Waals surface area contributed by atoms with Crippen LogP contribution in [0.4, 0.5) is 0 Å². The predicted octanol–water partition coefficient (Wildman–Crippen LogP) is 7.15. The van der Waals surface area contributed by atoms with Gasteiger partial charge in [0.2, 0.25) is 0 Å². The van der Waals surface area contributed by atoms with E-state index in [2.05, 4.69) is 45.0 Å². The molecule has 1 aromatic carbocycles. The maximum Gasteiger partial charge on any atom is 0.135 e. The summed E-state index contributed by atoms with van der Waals surface area (Å²) in [5.74, 6) is 0.707. The van der Waals surface area contributed by atoms with Crippen LogP contribution in [0.3, 0.4) is 0 Å². The van der Waals surface area contributed by atoms with Crippen LogP contribution in [0.5, 0.6) is 0 Å². The number of carbonyl (C=O) groups is 1. The predicted molar refractivity (Wildman–Crippen MR) is 103 cm³/mol. The van der Waals surface area contributed by atoms with Gasteiger partial charge in [0.05, 0.1) is 0 Å². The van der Waals surface area contributed by atoms with Gasteiger partial charge in [-0.25, -0.2) is 0 Å². The molecule has 1 heteroatoms. The second kappa shape index (κ2) is 19.9. The number of Topliss-reactive ketones (excluding diaryl/α,β-unsaturated/α-hetero) is 1. The van der Waals surface area contributed by atoms with Crippen LogP contribution >= 0.6 is 0 Å². The molecule has 0 fully saturated rings. The zero-order chi connectivity index (χ0) is 18.0. The van der Waals surface area contributed by atoms with Crippen molar-refractivity contribution in [2.24, 2.45) is 5.92 Å². The van der Waals surface area contributed by atoms with E-state index in [1.54, 1.807) is 0 Å². The third kappa shape index (κ3) is 16.9. The Kier molecular flexibility index (Phi) is 23.3. The summed E-state index contributed by atoms with van der Waals surface area (Å²) in [6, 6.07) is 8.45. The molecule has 0 N–H and O–H groups in total. The number of benzene rings is 1. The first kappa shape index (κ1) is 25.8. The monoisotopic (exact) mass is 308 g/mol. The Morgan fingerprint density at radius 1 is 1.00 bits per heavy atom. The van der Waals surface area contributed by atoms with Gasteiger partial charge < -0.3 is 0 Å². The molecule has 0 heterocycles. The number of unbranched alkanes of at least 4 members (excludes halogenated alkanes) is 1. The van der Waals surface area contributed by atoms with Crippen molar-refractivity contribution >= 4 is 5.78 Å². The lowest BCUT2D eigenvalue weighted by molar-refractivity contribution is -0.122. The molecular weight excluding hydrogens is 268 g/mol. The lowest BCUT2D eigenvalue weighted by atomic mass is 9.98. The van der Waals surface area contributed by atoms with Crippen LogP contribution in [-0.4, -0.2) is 5.78 Å². The molecule has 0 saturated carbocycles. The summed E-state index contributed by atoms with van der Waals surface area (Å²) in [6.07, 6.45) is 4.16. The molecule has 0 aliphatic heterocycles. The van der Waals surface area contributed by atoms with Gasteiger partial charge in [-0.15, -0.1) is 0 Å². The van der Waals surface area contributed by atoms with Gasteiger partial charge >= 0.3 is 0 Å². The molecule has 0 aliphatic carbocycles. The maximum absolute atomic E-state index is 11.0. The minimum Gasteiger partial charge on any atom is -0.299 e. The van der Waals surface area contributed by atoms with Gasteiger partial charge in [0.15, 0.2) is 0 Å². The fourth-order valence-electron chi connectivity index (χ4n) is 1.83. The number of carbonyl (C=O) groups excluding carboxylic acids is 1. The van der Waals surface area contributed by atoms with Gasteiger partial charge in [-0.2, -0.15) is 0 Å². The van der Waals surface area contributed by atoms with Gasteiger partial charge in [-0.3, -0.25) is 4.79 Å². The molecule has 0 spiro atoms. The lowest BCUT2D eigenvalue weighted by Crippen LogP contribution is -2.08. The van der Waals surface area contributed by atoms with Crippen LogP contribution in [0.1, 0.15) is 85.3 Å². The normalized spacial score (nSPS) is 9.86. The van der Waals surface area contributed by atoms with Crippen LogP contribution in [0.25, 0.3) is 0 Å². The molecule has 0 aliphatic rings. The smallest absolute Gasteiger partial charge is 0.135 e. The van der Waals surface area contributed by atoms with Crippen LogP contribution in [0.2, 0.25) is 0 Å². The molecule has 22 heavy (non-hydrogen) atoms. The molecular formula is C21H40O. The maximum atomic E-state index is 11.0. The molecule has 0 amide bonds. The summed E-state index contributed by atoms with van der Waals surface area (Å²) in [4.78, 5) is 11.0. The third-order valence-electron chi connectivity index (χ3n) is 3.06. The van der Waals surface area contributed by atoms with Crippen LogP contribution in [0, 0.1) is 19.8 Å². The van der Waals surface area contributed by atoms with Gasteiger partial charge in [0, 0.05) is 12.3 Å². The highest BCUT2D eigenvalue weighted by Gasteiger charge is 2.08. The van der Waals surface area contributed by atoms with E-state index < -0.39 is 0 Å². The minimum atomic E-state index is 0.296. The first-order valence-electron chi connectivity index (χ1n) is 9.07. The lowest BCUT2D eigenvalue weighted by Gasteiger charge is -2.06. The molecule has 0 aromatic heterocycles. The number of hydrogen-bond donors (Lipinski definition) is 0. The topological polar surface area (TPSA) is 17.1 Å². The summed E-state index contributed by atoms with van der Waals surface area (Å²) in [6.45, 7) is 18.3. The Labute approximate surface area is 140 Å². The summed E-state index contributed by atoms with van der Waals surface area (Å²) >= 11 is 0. The van der Waals surface area contributed by atoms with Crippen molar-refractivity contribution in [1.29, 1.82) is 0 Å². The summed E-state index contributed by atoms with van der Waals surface area (Å²) < 4.78 is 0. The second-order valence-corrected chi connectivity index (χ2v) is 5.02. The summed E-state index contributed by atoms with van der Waals surface area (Å²) in [5.41, 5.74) is 2.68. The van der Waals surface area contributed by atoms with E-state index in [0.717, 1.165) is 6.42 Å². The second-order valence-electron chi connectivity index (χ2n) is 5.02. The molecule has 0 saturated heterocycles. The average molecular weight is 309 g/mol. The third-order valence-corrected chi connectivity index (χ3v) is 3.06. The molecule has 0 bridgehead atoms. The van der Waals surface area contributed by atoms with Gasteiger partial charge in [-0.1, -0.05) is 96.7 Å². The van der Waals surface area contributed by atoms with E-state index in [0.29, 0.717) is 18.1 Å². The number of aryl methyl sites for hydroxylation is 2. The van der Waals surface area contributed by atoms with Gasteiger partial charge in [0.1, 0.15) is 5.78 Å². The van der Waals surface area contributed by atoms with Crippen molar-refractivity contribution < 1.29 is 4.79 Å². The molecule has 1 aromatic rings. The zero-order valence-electron chi connectivity index (χ0n) is 16.6. The Hall–Kier alpha value is -1.11. The van der Waals surface area contributed by atoms with Crippen LogP contribution in [0.15, 0.2) is 24.3 Å². The molecule has 1 rings (SSSR count). The van der Waals surface area contributed by atoms with Crippen LogP contribution < -0.4 is 0 Å². The molecule has 0 radical (unpaired) electrons. The highest BCUT2D eigenvalue weighted by Crippen LogP contribution is 2.09. The van der Waals surface area contributed by atoms with Crippen molar-refractivity contribution in [3.63, 3.8) is 0 Å². The number of ketones is 1. The van der Waals surface area contributed by atoms with Crippen molar-refractivity contribution in [3.05, 3.63) is 35.4 Å². The fraction of sp³-hybridized carbons (Fsp3) is 0.667. The summed E-state index contributed by atoms with van der Waals surface area (Å²) in [7, 11) is 0. The molecule has 130 valence electrons. The van der Waals surface area contributed by atoms with Gasteiger partial charge in [0.25, 0.3) is 0 Å². The van der Waals surface area contributed by atoms with Crippen molar-refractivity contribution in [3.8, 4) is 0 Å². The molecule has 1 atom stereocenters. The van der Waals surface area contributed by atoms with E-state index in [4.69, 9.17) is 0 Å². The van der Waals surface area contributed by atoms with E-state index >= 15 is 0 Å². The fourth-order valence-corrected chi connectivity index (χ4v) is 1.83. The Balaban J connectivity index is -0.000000270. The molecule has 1 nitrogen and oxygen atoms in total. The first-order chi connectivity index (χ1) is 10.5. The van der Waals surface area contributed by atoms with Gasteiger partial charge in [-0.05, 0) is 20.3 Å². The number of hydrogen-bond acceptors (Lipinski definition) is 1. The SMILES string of the molecule is CC.CC.CCCCC(C)C(=O)CC.Cc1cccc(C)c1. The first-order valence-corrected chi connectivity index (χ1v) is 9.07. The number of rotatable bonds is 5. The largest absolute Gasteiger partial charge is 0.299 e. The van der Waals surface area contributed by atoms with Crippen molar-refractivity contribution in [2.45, 2.75) is 88.0 Å². The van der Waals surface area contributed by atoms with E-state index in [-0.39, 0.29) is 0 Å². The minimum absolute atomic E-state index is 0.296. The van der Waals surface area contributed by atoms with Crippen molar-refractivity contribution in [1.82, 2.24) is 0 Å². The Bertz CT molecular complexity index is 324. The quantitative estimate of drug-likeness (QED) is 0.564. The zero-order valence-corrected chi connectivity index (χ0v) is 16.6. The van der Waals surface area contributed by atoms with Crippen molar-refractivity contribution in [2.75, 3.05) is 0 Å². The Morgan fingerprint density at radius 3 is 1.73 bits per heavy atom. The van der Waals surface area contributed by atoms with E-state index in [1.165, 1.54) is 24.0 Å².